The zero-order valence-electron chi connectivity index (χ0n) is 12.6. The Hall–Kier alpha value is -1.11. The van der Waals surface area contributed by atoms with Crippen LogP contribution in [0.4, 0.5) is 0 Å². The molecule has 0 aromatic rings. The quantitative estimate of drug-likeness (QED) is 0.785. The number of nitrogens with one attached hydrogen (secondary N) is 1. The lowest BCUT2D eigenvalue weighted by molar-refractivity contribution is -0.147. The Morgan fingerprint density at radius 3 is 2.35 bits per heavy atom. The second-order valence-corrected chi connectivity index (χ2v) is 8.58. The Morgan fingerprint density at radius 1 is 1.25 bits per heavy atom. The van der Waals surface area contributed by atoms with Crippen molar-refractivity contribution in [1.29, 1.82) is 0 Å². The maximum Gasteiger partial charge on any atom is 0.246 e. The smallest absolute Gasteiger partial charge is 0.246 e. The van der Waals surface area contributed by atoms with Crippen molar-refractivity contribution in [1.82, 2.24) is 10.2 Å². The fourth-order valence-electron chi connectivity index (χ4n) is 2.14. The van der Waals surface area contributed by atoms with Crippen LogP contribution in [0.3, 0.4) is 0 Å². The van der Waals surface area contributed by atoms with Gasteiger partial charge in [0.05, 0.1) is 12.3 Å². The third kappa shape index (κ3) is 4.47. The fraction of sp³-hybridized carbons (Fsp3) is 0.846. The third-order valence-electron chi connectivity index (χ3n) is 3.25. The van der Waals surface area contributed by atoms with E-state index in [0.29, 0.717) is 6.42 Å². The number of carbonyl (C=O) groups excluding carboxylic acids is 2. The van der Waals surface area contributed by atoms with E-state index in [1.54, 1.807) is 6.92 Å². The molecule has 0 spiro atoms. The zero-order chi connectivity index (χ0) is 15.6. The Kier molecular flexibility index (Phi) is 5.18. The molecule has 20 heavy (non-hydrogen) atoms. The van der Waals surface area contributed by atoms with Gasteiger partial charge in [0.25, 0.3) is 0 Å². The van der Waals surface area contributed by atoms with Crippen LogP contribution in [0.25, 0.3) is 0 Å². The molecule has 0 aromatic carbocycles. The molecule has 6 nitrogen and oxygen atoms in total. The molecule has 1 N–H and O–H groups in total. The molecule has 2 amide bonds. The van der Waals surface area contributed by atoms with E-state index in [4.69, 9.17) is 0 Å². The molecule has 0 bridgehead atoms. The van der Waals surface area contributed by atoms with Crippen molar-refractivity contribution in [2.24, 2.45) is 5.41 Å². The number of carbonyl (C=O) groups is 2. The van der Waals surface area contributed by atoms with E-state index in [1.807, 2.05) is 20.8 Å². The van der Waals surface area contributed by atoms with Gasteiger partial charge < -0.3 is 10.2 Å². The lowest BCUT2D eigenvalue weighted by Crippen LogP contribution is -2.62. The van der Waals surface area contributed by atoms with Gasteiger partial charge in [0.2, 0.25) is 11.8 Å². The van der Waals surface area contributed by atoms with Crippen molar-refractivity contribution >= 4 is 21.7 Å². The minimum atomic E-state index is -3.15. The van der Waals surface area contributed by atoms with Crippen molar-refractivity contribution in [3.8, 4) is 0 Å². The molecular formula is C13H24N2O4S. The SMILES string of the molecule is CCCS(=O)(=O)CCN1CC(=O)NC(C(C)(C)C)C1=O. The summed E-state index contributed by atoms with van der Waals surface area (Å²) >= 11 is 0. The van der Waals surface area contributed by atoms with E-state index < -0.39 is 21.3 Å². The van der Waals surface area contributed by atoms with Crippen molar-refractivity contribution in [3.63, 3.8) is 0 Å². The van der Waals surface area contributed by atoms with Gasteiger partial charge in [-0.15, -0.1) is 0 Å². The minimum Gasteiger partial charge on any atom is -0.342 e. The number of piperazine rings is 1. The molecule has 1 aliphatic rings. The van der Waals surface area contributed by atoms with Crippen LogP contribution in [-0.4, -0.2) is 55.8 Å². The monoisotopic (exact) mass is 304 g/mol. The van der Waals surface area contributed by atoms with Gasteiger partial charge in [-0.05, 0) is 11.8 Å². The van der Waals surface area contributed by atoms with Crippen molar-refractivity contribution in [3.05, 3.63) is 0 Å². The van der Waals surface area contributed by atoms with Gasteiger partial charge in [0.1, 0.15) is 6.04 Å². The highest BCUT2D eigenvalue weighted by molar-refractivity contribution is 7.91. The lowest BCUT2D eigenvalue weighted by Gasteiger charge is -2.38. The average molecular weight is 304 g/mol. The Morgan fingerprint density at radius 2 is 1.85 bits per heavy atom. The fourth-order valence-corrected chi connectivity index (χ4v) is 3.47. The molecule has 0 aromatic heterocycles. The number of sulfone groups is 1. The summed E-state index contributed by atoms with van der Waals surface area (Å²) in [6.45, 7) is 7.43. The Balaban J connectivity index is 2.75. The van der Waals surface area contributed by atoms with Crippen LogP contribution in [0, 0.1) is 5.41 Å². The highest BCUT2D eigenvalue weighted by atomic mass is 32.2. The summed E-state index contributed by atoms with van der Waals surface area (Å²) in [5.74, 6) is -0.415. The summed E-state index contributed by atoms with van der Waals surface area (Å²) in [5.41, 5.74) is -0.395. The topological polar surface area (TPSA) is 83.6 Å². The molecule has 1 unspecified atom stereocenters. The number of rotatable bonds is 5. The first-order chi connectivity index (χ1) is 9.07. The number of amides is 2. The number of hydrogen-bond donors (Lipinski definition) is 1. The van der Waals surface area contributed by atoms with E-state index in [9.17, 15) is 18.0 Å². The molecule has 0 aliphatic carbocycles. The van der Waals surface area contributed by atoms with Gasteiger partial charge in [-0.3, -0.25) is 9.59 Å². The van der Waals surface area contributed by atoms with Crippen molar-refractivity contribution < 1.29 is 18.0 Å². The second kappa shape index (κ2) is 6.11. The van der Waals surface area contributed by atoms with Crippen LogP contribution < -0.4 is 5.32 Å². The van der Waals surface area contributed by atoms with Crippen LogP contribution >= 0.6 is 0 Å². The third-order valence-corrected chi connectivity index (χ3v) is 5.09. The summed E-state index contributed by atoms with van der Waals surface area (Å²) < 4.78 is 23.4. The summed E-state index contributed by atoms with van der Waals surface area (Å²) in [6.07, 6.45) is 0.557. The summed E-state index contributed by atoms with van der Waals surface area (Å²) in [4.78, 5) is 25.3. The molecule has 1 aliphatic heterocycles. The largest absolute Gasteiger partial charge is 0.342 e. The molecule has 116 valence electrons. The van der Waals surface area contributed by atoms with Gasteiger partial charge in [0.15, 0.2) is 9.84 Å². The molecular weight excluding hydrogens is 280 g/mol. The molecule has 1 atom stereocenters. The predicted molar refractivity (Wildman–Crippen MR) is 76.9 cm³/mol. The van der Waals surface area contributed by atoms with Gasteiger partial charge in [-0.25, -0.2) is 8.42 Å². The molecule has 1 rings (SSSR count). The predicted octanol–water partition coefficient (Wildman–Crippen LogP) is 0.184. The van der Waals surface area contributed by atoms with E-state index in [1.165, 1.54) is 4.90 Å². The first kappa shape index (κ1) is 16.9. The average Bonchev–Trinajstić information content (AvgIpc) is 2.28. The maximum absolute atomic E-state index is 12.3. The first-order valence-electron chi connectivity index (χ1n) is 6.85. The summed E-state index contributed by atoms with van der Waals surface area (Å²) in [6, 6.07) is -0.599. The molecule has 1 fully saturated rings. The van der Waals surface area contributed by atoms with Crippen LogP contribution in [0.2, 0.25) is 0 Å². The van der Waals surface area contributed by atoms with Gasteiger partial charge >= 0.3 is 0 Å². The molecule has 0 radical (unpaired) electrons. The van der Waals surface area contributed by atoms with E-state index in [0.717, 1.165) is 0 Å². The zero-order valence-corrected chi connectivity index (χ0v) is 13.4. The van der Waals surface area contributed by atoms with Gasteiger partial charge in [-0.2, -0.15) is 0 Å². The highest BCUT2D eigenvalue weighted by Gasteiger charge is 2.39. The lowest BCUT2D eigenvalue weighted by atomic mass is 9.85. The summed E-state index contributed by atoms with van der Waals surface area (Å²) in [5, 5.41) is 2.68. The minimum absolute atomic E-state index is 0.0624. The Bertz CT molecular complexity index is 479. The maximum atomic E-state index is 12.3. The van der Waals surface area contributed by atoms with Crippen LogP contribution in [0.5, 0.6) is 0 Å². The van der Waals surface area contributed by atoms with E-state index in [-0.39, 0.29) is 36.4 Å². The van der Waals surface area contributed by atoms with E-state index in [2.05, 4.69) is 5.32 Å². The standard InChI is InChI=1S/C13H24N2O4S/c1-5-7-20(18,19)8-6-15-9-10(16)14-11(12(15)17)13(2,3)4/h11H,5-9H2,1-4H3,(H,14,16). The van der Waals surface area contributed by atoms with Crippen molar-refractivity contribution in [2.75, 3.05) is 24.6 Å². The molecule has 1 heterocycles. The summed E-state index contributed by atoms with van der Waals surface area (Å²) in [7, 11) is -3.15. The van der Waals surface area contributed by atoms with Crippen molar-refractivity contribution in [2.45, 2.75) is 40.2 Å². The molecule has 0 saturated carbocycles. The second-order valence-electron chi connectivity index (χ2n) is 6.28. The van der Waals surface area contributed by atoms with Crippen LogP contribution in [-0.2, 0) is 19.4 Å². The number of nitrogens with zero attached hydrogens (tertiary/aromatic N) is 1. The first-order valence-corrected chi connectivity index (χ1v) is 8.67. The van der Waals surface area contributed by atoms with Crippen LogP contribution in [0.15, 0.2) is 0 Å². The molecule has 1 saturated heterocycles. The highest BCUT2D eigenvalue weighted by Crippen LogP contribution is 2.23. The van der Waals surface area contributed by atoms with Gasteiger partial charge in [-0.1, -0.05) is 27.7 Å². The van der Waals surface area contributed by atoms with Gasteiger partial charge in [0, 0.05) is 12.3 Å². The normalized spacial score (nSPS) is 21.0. The van der Waals surface area contributed by atoms with E-state index >= 15 is 0 Å². The Labute approximate surface area is 120 Å². The molecule has 7 heteroatoms. The number of hydrogen-bond acceptors (Lipinski definition) is 4. The van der Waals surface area contributed by atoms with Crippen LogP contribution in [0.1, 0.15) is 34.1 Å².